The Hall–Kier alpha value is -2.86. The monoisotopic (exact) mass is 856 g/mol. The number of anilines is 1. The second-order valence-corrected chi connectivity index (χ2v) is 13.9. The molecule has 0 N–H and O–H groups in total. The number of amides is 1. The molecule has 1 amide bonds. The number of halogens is 5. The topological polar surface area (TPSA) is 96.8 Å². The van der Waals surface area contributed by atoms with Gasteiger partial charge < -0.3 is 9.64 Å². The first-order valence-corrected chi connectivity index (χ1v) is 18.0. The summed E-state index contributed by atoms with van der Waals surface area (Å²) in [7, 11) is 0. The zero-order chi connectivity index (χ0) is 32.8. The third-order valence-electron chi connectivity index (χ3n) is 8.56. The van der Waals surface area contributed by atoms with Crippen molar-refractivity contribution in [3.63, 3.8) is 0 Å². The molecule has 6 rings (SSSR count). The number of alkyl halides is 3. The van der Waals surface area contributed by atoms with Crippen LogP contribution in [0.25, 0.3) is 0 Å². The fourth-order valence-corrected chi connectivity index (χ4v) is 7.48. The zero-order valence-electron chi connectivity index (χ0n) is 25.2. The van der Waals surface area contributed by atoms with Crippen LogP contribution in [0.3, 0.4) is 0 Å². The Bertz CT molecular complexity index is 1620. The molecule has 46 heavy (non-hydrogen) atoms. The molecular weight excluding hydrogens is 825 g/mol. The number of ether oxygens (including phenoxy) is 2. The van der Waals surface area contributed by atoms with Crippen LogP contribution in [0.4, 0.5) is 23.4 Å². The van der Waals surface area contributed by atoms with Gasteiger partial charge >= 0.3 is 148 Å². The van der Waals surface area contributed by atoms with E-state index in [1.165, 1.54) is 25.5 Å². The minimum absolute atomic E-state index is 0.000128. The molecule has 1 saturated carbocycles. The molecule has 1 aliphatic carbocycles. The van der Waals surface area contributed by atoms with Crippen LogP contribution in [0.5, 0.6) is 17.4 Å². The number of carbonyl (C=O) groups is 1. The summed E-state index contributed by atoms with van der Waals surface area (Å²) in [6.07, 6.45) is -0.163. The van der Waals surface area contributed by atoms with Crippen molar-refractivity contribution in [1.82, 2.24) is 30.0 Å². The summed E-state index contributed by atoms with van der Waals surface area (Å²) in [6.45, 7) is 4.49. The van der Waals surface area contributed by atoms with Gasteiger partial charge in [-0.25, -0.2) is 4.39 Å². The van der Waals surface area contributed by atoms with E-state index in [1.54, 1.807) is 0 Å². The summed E-state index contributed by atoms with van der Waals surface area (Å²) < 4.78 is 67.5. The first-order valence-electron chi connectivity index (χ1n) is 14.8. The van der Waals surface area contributed by atoms with E-state index < -0.39 is 30.5 Å². The number of nitrogens with zero attached hydrogens (tertiary/aromatic N) is 7. The van der Waals surface area contributed by atoms with Gasteiger partial charge in [0.15, 0.2) is 0 Å². The molecule has 1 aromatic carbocycles. The Morgan fingerprint density at radius 1 is 1.20 bits per heavy atom. The van der Waals surface area contributed by atoms with Crippen molar-refractivity contribution in [3.8, 4) is 17.4 Å². The number of pyridine rings is 1. The molecule has 2 aliphatic heterocycles. The Balaban J connectivity index is 1.15. The fraction of sp³-hybridized carbons (Fsp3) is 0.500. The summed E-state index contributed by atoms with van der Waals surface area (Å²) in [5.41, 5.74) is 1.90. The van der Waals surface area contributed by atoms with Gasteiger partial charge in [-0.15, -0.1) is 10.2 Å². The predicted octanol–water partition coefficient (Wildman–Crippen LogP) is 4.80. The quantitative estimate of drug-likeness (QED) is 0.223. The second-order valence-electron chi connectivity index (χ2n) is 12.3. The van der Waals surface area contributed by atoms with E-state index in [-0.39, 0.29) is 39.8 Å². The molecule has 2 fully saturated rings. The molecule has 243 valence electrons. The zero-order valence-corrected chi connectivity index (χ0v) is 29.8. The van der Waals surface area contributed by atoms with Gasteiger partial charge in [0.25, 0.3) is 11.8 Å². The number of hydrogen-bond acceptors (Lipinski definition) is 9. The molecule has 4 heterocycles. The van der Waals surface area contributed by atoms with E-state index in [9.17, 15) is 22.4 Å². The van der Waals surface area contributed by atoms with E-state index >= 15 is 0 Å². The summed E-state index contributed by atoms with van der Waals surface area (Å²) in [6, 6.07) is 4.18. The van der Waals surface area contributed by atoms with E-state index in [0.717, 1.165) is 85.8 Å². The summed E-state index contributed by atoms with van der Waals surface area (Å²) >= 11 is 7.20. The van der Waals surface area contributed by atoms with Crippen LogP contribution in [0.2, 0.25) is 5.28 Å². The van der Waals surface area contributed by atoms with Crippen LogP contribution < -0.4 is 14.4 Å². The maximum atomic E-state index is 14.3. The standard InChI is InChI=1S/C30H31ClF4N7O3.Pb/c1-17(2)42(16-30(33,34)35)27(43)20-10-18(32)4-5-23(20)45-26-25(37-28(31)39-38-26)41-14-29(15-41)11-19(12-29)44-24-6-8-36-22-7-9-40(3)13-21(22)24;/h4-6,8,10,17,19H,3,7,9,11-16H2,1-2H3;. The van der Waals surface area contributed by atoms with Crippen LogP contribution in [0.1, 0.15) is 48.3 Å². The van der Waals surface area contributed by atoms with Gasteiger partial charge in [-0.3, -0.25) is 4.79 Å². The predicted molar refractivity (Wildman–Crippen MR) is 161 cm³/mol. The molecule has 0 bridgehead atoms. The summed E-state index contributed by atoms with van der Waals surface area (Å²) in [5, 5.41) is 7.65. The van der Waals surface area contributed by atoms with E-state index in [4.69, 9.17) is 21.1 Å². The average Bonchev–Trinajstić information content (AvgIpc) is 2.97. The van der Waals surface area contributed by atoms with E-state index in [2.05, 4.69) is 25.1 Å². The van der Waals surface area contributed by atoms with Crippen molar-refractivity contribution in [2.24, 2.45) is 5.41 Å². The number of aromatic nitrogens is 4. The van der Waals surface area contributed by atoms with Crippen LogP contribution in [-0.4, -0.2) is 110 Å². The summed E-state index contributed by atoms with van der Waals surface area (Å²) in [5.74, 6) is -0.974. The Morgan fingerprint density at radius 3 is 2.65 bits per heavy atom. The third-order valence-corrected chi connectivity index (χ3v) is 10.5. The van der Waals surface area contributed by atoms with E-state index in [0.29, 0.717) is 18.0 Å². The fourth-order valence-electron chi connectivity index (χ4n) is 6.31. The van der Waals surface area contributed by atoms with Gasteiger partial charge in [0.1, 0.15) is 18.1 Å². The van der Waals surface area contributed by atoms with E-state index in [1.807, 2.05) is 17.2 Å². The van der Waals surface area contributed by atoms with Gasteiger partial charge in [0, 0.05) is 6.04 Å². The van der Waals surface area contributed by atoms with Crippen molar-refractivity contribution in [2.45, 2.75) is 58.0 Å². The Kier molecular flexibility index (Phi) is 9.33. The number of rotatable bonds is 9. The third kappa shape index (κ3) is 7.03. The normalized spacial score (nSPS) is 17.8. The average molecular weight is 856 g/mol. The first-order chi connectivity index (χ1) is 21.8. The Labute approximate surface area is 284 Å². The summed E-state index contributed by atoms with van der Waals surface area (Å²) in [4.78, 5) is 27.1. The molecule has 0 unspecified atom stereocenters. The SMILES string of the molecule is CC(C)N(CC(F)(F)F)C(=O)c1cc(F)ccc1Oc1nnc(Cl)nc1N1CC2(CC(Oc3ccnc4c3CN([CH2][Pb])CC4)C2)C1. The van der Waals surface area contributed by atoms with Crippen LogP contribution in [0.15, 0.2) is 30.5 Å². The van der Waals surface area contributed by atoms with Gasteiger partial charge in [-0.2, -0.15) is 18.2 Å². The number of hydrogen-bond donors (Lipinski definition) is 0. The molecule has 1 saturated heterocycles. The molecule has 3 aliphatic rings. The van der Waals surface area contributed by atoms with Gasteiger partial charge in [-0.1, -0.05) is 0 Å². The minimum atomic E-state index is -4.65. The van der Waals surface area contributed by atoms with Gasteiger partial charge in [-0.05, 0) is 43.6 Å². The Morgan fingerprint density at radius 2 is 1.96 bits per heavy atom. The molecule has 10 nitrogen and oxygen atoms in total. The molecular formula is C30H31ClF4N7O3Pb. The molecule has 3 radical (unpaired) electrons. The number of fused-ring (bicyclic) bond motifs is 1. The van der Waals surface area contributed by atoms with Crippen molar-refractivity contribution in [2.75, 3.05) is 35.2 Å². The molecule has 0 atom stereocenters. The van der Waals surface area contributed by atoms with Crippen molar-refractivity contribution < 1.29 is 31.8 Å². The van der Waals surface area contributed by atoms with Crippen molar-refractivity contribution >= 4 is 49.1 Å². The molecule has 16 heteroatoms. The van der Waals surface area contributed by atoms with Gasteiger partial charge in [0.05, 0.1) is 5.56 Å². The molecule has 3 aromatic rings. The first kappa shape index (κ1) is 33.1. The van der Waals surface area contributed by atoms with Gasteiger partial charge in [0.2, 0.25) is 5.28 Å². The molecule has 2 aromatic heterocycles. The van der Waals surface area contributed by atoms with Crippen molar-refractivity contribution in [3.05, 3.63) is 58.4 Å². The van der Waals surface area contributed by atoms with Crippen LogP contribution in [0, 0.1) is 11.2 Å². The molecule has 1 spiro atoms. The van der Waals surface area contributed by atoms with Crippen molar-refractivity contribution in [1.29, 1.82) is 0 Å². The number of carbonyl (C=O) groups excluding carboxylic acids is 1. The maximum absolute atomic E-state index is 14.3. The second kappa shape index (κ2) is 13.0. The van der Waals surface area contributed by atoms with Crippen LogP contribution in [-0.2, 0) is 13.0 Å². The van der Waals surface area contributed by atoms with Crippen LogP contribution >= 0.6 is 11.6 Å². The number of benzene rings is 1.